The summed E-state index contributed by atoms with van der Waals surface area (Å²) in [5, 5.41) is -0.544. The van der Waals surface area contributed by atoms with Gasteiger partial charge in [0.05, 0.1) is 12.5 Å². The summed E-state index contributed by atoms with van der Waals surface area (Å²) in [6, 6.07) is 17.2. The molecule has 0 amide bonds. The fraction of sp³-hybridized carbons (Fsp3) is 0.250. The van der Waals surface area contributed by atoms with E-state index in [1.807, 2.05) is 60.7 Å². The van der Waals surface area contributed by atoms with E-state index >= 15 is 0 Å². The van der Waals surface area contributed by atoms with E-state index in [4.69, 9.17) is 21.1 Å². The molecule has 3 rings (SSSR count). The van der Waals surface area contributed by atoms with Crippen LogP contribution in [0.1, 0.15) is 18.4 Å². The Labute approximate surface area is 146 Å². The molecule has 24 heavy (non-hydrogen) atoms. The van der Waals surface area contributed by atoms with Crippen molar-refractivity contribution in [3.63, 3.8) is 0 Å². The van der Waals surface area contributed by atoms with Crippen molar-refractivity contribution in [2.45, 2.75) is 24.3 Å². The summed E-state index contributed by atoms with van der Waals surface area (Å²) >= 11 is 6.25. The molecule has 0 bridgehead atoms. The summed E-state index contributed by atoms with van der Waals surface area (Å²) < 4.78 is 11.1. The van der Waals surface area contributed by atoms with Crippen LogP contribution in [0.25, 0.3) is 6.08 Å². The van der Waals surface area contributed by atoms with Gasteiger partial charge in [0.2, 0.25) is 0 Å². The Balaban J connectivity index is 1.77. The molecule has 3 nitrogen and oxygen atoms in total. The lowest BCUT2D eigenvalue weighted by Gasteiger charge is -2.27. The van der Waals surface area contributed by atoms with Crippen molar-refractivity contribution in [2.75, 3.05) is 7.11 Å². The largest absolute Gasteiger partial charge is 0.497 e. The maximum absolute atomic E-state index is 12.4. The van der Waals surface area contributed by atoms with Gasteiger partial charge in [-0.2, -0.15) is 0 Å². The summed E-state index contributed by atoms with van der Waals surface area (Å²) in [6.45, 7) is 0. The average Bonchev–Trinajstić information content (AvgIpc) is 2.61. The molecule has 0 N–H and O–H groups in total. The van der Waals surface area contributed by atoms with Crippen molar-refractivity contribution in [1.82, 2.24) is 0 Å². The number of ketones is 1. The molecule has 124 valence electrons. The molecule has 2 aromatic carbocycles. The summed E-state index contributed by atoms with van der Waals surface area (Å²) in [7, 11) is 1.63. The Morgan fingerprint density at radius 1 is 1.04 bits per heavy atom. The monoisotopic (exact) mass is 342 g/mol. The number of benzene rings is 2. The highest BCUT2D eigenvalue weighted by Crippen LogP contribution is 2.29. The van der Waals surface area contributed by atoms with E-state index in [-0.39, 0.29) is 11.9 Å². The van der Waals surface area contributed by atoms with Crippen LogP contribution in [0.15, 0.2) is 60.2 Å². The third-order valence-corrected chi connectivity index (χ3v) is 4.40. The Morgan fingerprint density at radius 3 is 2.42 bits per heavy atom. The summed E-state index contributed by atoms with van der Waals surface area (Å²) in [5.41, 5.74) is 1.65. The molecular weight excluding hydrogens is 324 g/mol. The summed E-state index contributed by atoms with van der Waals surface area (Å²) in [5.74, 6) is 1.57. The number of hydrogen-bond donors (Lipinski definition) is 0. The van der Waals surface area contributed by atoms with Crippen LogP contribution in [0.2, 0.25) is 0 Å². The van der Waals surface area contributed by atoms with E-state index in [1.54, 1.807) is 7.11 Å². The van der Waals surface area contributed by atoms with Crippen LogP contribution >= 0.6 is 11.6 Å². The fourth-order valence-electron chi connectivity index (χ4n) is 2.78. The van der Waals surface area contributed by atoms with Crippen LogP contribution in [0, 0.1) is 0 Å². The van der Waals surface area contributed by atoms with Gasteiger partial charge in [-0.25, -0.2) is 0 Å². The Kier molecular flexibility index (Phi) is 5.21. The standard InChI is InChI=1S/C20H19ClO3/c1-23-16-9-7-14(8-10-16)11-15-12-18(13-19(21)20(15)22)24-17-5-3-2-4-6-17/h2-11,18-19H,12-13H2,1H3. The van der Waals surface area contributed by atoms with Crippen LogP contribution in [-0.4, -0.2) is 24.4 Å². The van der Waals surface area contributed by atoms with Gasteiger partial charge in [0.25, 0.3) is 0 Å². The normalized spacial score (nSPS) is 22.4. The second-order valence-corrected chi connectivity index (χ2v) is 6.29. The lowest BCUT2D eigenvalue weighted by molar-refractivity contribution is -0.117. The highest BCUT2D eigenvalue weighted by molar-refractivity contribution is 6.34. The first-order chi connectivity index (χ1) is 11.7. The van der Waals surface area contributed by atoms with Crippen molar-refractivity contribution in [3.8, 4) is 11.5 Å². The topological polar surface area (TPSA) is 35.5 Å². The van der Waals surface area contributed by atoms with Gasteiger partial charge < -0.3 is 9.47 Å². The smallest absolute Gasteiger partial charge is 0.176 e. The third kappa shape index (κ3) is 3.98. The molecule has 0 spiro atoms. The average molecular weight is 343 g/mol. The maximum atomic E-state index is 12.4. The second kappa shape index (κ2) is 7.54. The maximum Gasteiger partial charge on any atom is 0.176 e. The quantitative estimate of drug-likeness (QED) is 0.606. The molecule has 0 heterocycles. The van der Waals surface area contributed by atoms with Crippen LogP contribution in [0.3, 0.4) is 0 Å². The predicted octanol–water partition coefficient (Wildman–Crippen LogP) is 4.50. The number of carbonyl (C=O) groups excluding carboxylic acids is 1. The van der Waals surface area contributed by atoms with E-state index in [2.05, 4.69) is 0 Å². The molecule has 2 aromatic rings. The Morgan fingerprint density at radius 2 is 1.75 bits per heavy atom. The molecule has 1 aliphatic carbocycles. The number of alkyl halides is 1. The van der Waals surface area contributed by atoms with Gasteiger partial charge in [0.1, 0.15) is 17.6 Å². The van der Waals surface area contributed by atoms with Gasteiger partial charge >= 0.3 is 0 Å². The van der Waals surface area contributed by atoms with Crippen molar-refractivity contribution < 1.29 is 14.3 Å². The predicted molar refractivity (Wildman–Crippen MR) is 95.7 cm³/mol. The minimum atomic E-state index is -0.544. The number of rotatable bonds is 4. The van der Waals surface area contributed by atoms with Crippen molar-refractivity contribution in [3.05, 3.63) is 65.7 Å². The fourth-order valence-corrected chi connectivity index (χ4v) is 3.12. The molecule has 1 saturated carbocycles. The molecule has 0 radical (unpaired) electrons. The number of methoxy groups -OCH3 is 1. The lowest BCUT2D eigenvalue weighted by atomic mass is 9.89. The molecule has 1 fully saturated rings. The summed E-state index contributed by atoms with van der Waals surface area (Å²) in [4.78, 5) is 12.4. The van der Waals surface area contributed by atoms with Crippen molar-refractivity contribution >= 4 is 23.5 Å². The van der Waals surface area contributed by atoms with Crippen molar-refractivity contribution in [2.24, 2.45) is 0 Å². The first-order valence-corrected chi connectivity index (χ1v) is 8.34. The van der Waals surface area contributed by atoms with Crippen LogP contribution < -0.4 is 9.47 Å². The molecule has 0 aliphatic heterocycles. The number of halogens is 1. The van der Waals surface area contributed by atoms with Gasteiger partial charge in [-0.15, -0.1) is 11.6 Å². The zero-order valence-corrected chi connectivity index (χ0v) is 14.2. The molecule has 1 aliphatic rings. The van der Waals surface area contributed by atoms with Crippen LogP contribution in [0.5, 0.6) is 11.5 Å². The molecule has 0 saturated heterocycles. The molecule has 2 atom stereocenters. The van der Waals surface area contributed by atoms with Gasteiger partial charge in [-0.1, -0.05) is 30.3 Å². The van der Waals surface area contributed by atoms with E-state index in [0.717, 1.165) is 17.1 Å². The minimum absolute atomic E-state index is 0.0135. The van der Waals surface area contributed by atoms with E-state index in [9.17, 15) is 4.79 Å². The number of Topliss-reactive ketones (excluding diaryl/α,β-unsaturated/α-hetero) is 1. The zero-order valence-electron chi connectivity index (χ0n) is 13.4. The minimum Gasteiger partial charge on any atom is -0.497 e. The SMILES string of the molecule is COc1ccc(C=C2CC(Oc3ccccc3)CC(Cl)C2=O)cc1. The molecule has 0 aromatic heterocycles. The molecular formula is C20H19ClO3. The van der Waals surface area contributed by atoms with Crippen LogP contribution in [0.4, 0.5) is 0 Å². The van der Waals surface area contributed by atoms with E-state index < -0.39 is 5.38 Å². The number of hydrogen-bond acceptors (Lipinski definition) is 3. The van der Waals surface area contributed by atoms with Gasteiger partial charge in [0, 0.05) is 18.4 Å². The Hall–Kier alpha value is -2.26. The Bertz CT molecular complexity index is 722. The number of para-hydroxylation sites is 1. The number of ether oxygens (including phenoxy) is 2. The van der Waals surface area contributed by atoms with E-state index in [0.29, 0.717) is 18.4 Å². The third-order valence-electron chi connectivity index (χ3n) is 4.02. The molecule has 4 heteroatoms. The highest BCUT2D eigenvalue weighted by Gasteiger charge is 2.32. The lowest BCUT2D eigenvalue weighted by Crippen LogP contribution is -2.34. The second-order valence-electron chi connectivity index (χ2n) is 5.77. The summed E-state index contributed by atoms with van der Waals surface area (Å²) in [6.07, 6.45) is 2.87. The van der Waals surface area contributed by atoms with Gasteiger partial charge in [-0.3, -0.25) is 4.79 Å². The van der Waals surface area contributed by atoms with E-state index in [1.165, 1.54) is 0 Å². The first kappa shape index (κ1) is 16.6. The molecule has 2 unspecified atom stereocenters. The highest BCUT2D eigenvalue weighted by atomic mass is 35.5. The van der Waals surface area contributed by atoms with Crippen molar-refractivity contribution in [1.29, 1.82) is 0 Å². The first-order valence-electron chi connectivity index (χ1n) is 7.90. The van der Waals surface area contributed by atoms with Crippen LogP contribution in [-0.2, 0) is 4.79 Å². The number of carbonyl (C=O) groups is 1. The zero-order chi connectivity index (χ0) is 16.9. The van der Waals surface area contributed by atoms with Gasteiger partial charge in [-0.05, 0) is 35.9 Å². The van der Waals surface area contributed by atoms with Gasteiger partial charge in [0.15, 0.2) is 5.78 Å².